The fourth-order valence-electron chi connectivity index (χ4n) is 3.70. The van der Waals surface area contributed by atoms with E-state index in [4.69, 9.17) is 10.8 Å². The minimum Gasteiger partial charge on any atom is -0.481 e. The van der Waals surface area contributed by atoms with Gasteiger partial charge in [-0.3, -0.25) is 19.2 Å². The molecule has 156 valence electrons. The van der Waals surface area contributed by atoms with Crippen molar-refractivity contribution in [3.8, 4) is 0 Å². The van der Waals surface area contributed by atoms with Crippen molar-refractivity contribution < 1.29 is 34.2 Å². The van der Waals surface area contributed by atoms with Crippen LogP contribution < -0.4 is 11.1 Å². The van der Waals surface area contributed by atoms with E-state index in [9.17, 15) is 29.1 Å². The van der Waals surface area contributed by atoms with Crippen molar-refractivity contribution in [2.75, 3.05) is 13.1 Å². The smallest absolute Gasteiger partial charge is 0.326 e. The Morgan fingerprint density at radius 3 is 2.07 bits per heavy atom. The van der Waals surface area contributed by atoms with Crippen molar-refractivity contribution >= 4 is 29.7 Å². The molecular weight excluding hydrogens is 372 g/mol. The number of carboxylic acid groups (broad SMARTS) is 2. The highest BCUT2D eigenvalue weighted by atomic mass is 16.4. The lowest BCUT2D eigenvalue weighted by Crippen LogP contribution is -2.56. The van der Waals surface area contributed by atoms with E-state index in [1.54, 1.807) is 0 Å². The fraction of sp³-hybridized carbons (Fsp3) is 0.706. The first-order valence-electron chi connectivity index (χ1n) is 9.25. The van der Waals surface area contributed by atoms with Gasteiger partial charge in [0.15, 0.2) is 0 Å². The Hall–Kier alpha value is -2.69. The highest BCUT2D eigenvalue weighted by molar-refractivity contribution is 5.95. The van der Waals surface area contributed by atoms with Crippen molar-refractivity contribution in [2.45, 2.75) is 63.2 Å². The van der Waals surface area contributed by atoms with Gasteiger partial charge in [-0.25, -0.2) is 4.79 Å². The van der Waals surface area contributed by atoms with E-state index in [0.717, 1.165) is 0 Å². The molecule has 28 heavy (non-hydrogen) atoms. The summed E-state index contributed by atoms with van der Waals surface area (Å²) in [6, 6.07) is -3.93. The number of nitrogens with two attached hydrogens (primary N) is 1. The number of rotatable bonds is 7. The number of nitrogens with zero attached hydrogens (tertiary/aromatic N) is 2. The molecule has 2 saturated heterocycles. The van der Waals surface area contributed by atoms with Crippen LogP contribution in [0.5, 0.6) is 0 Å². The van der Waals surface area contributed by atoms with Crippen molar-refractivity contribution in [3.63, 3.8) is 0 Å². The van der Waals surface area contributed by atoms with Gasteiger partial charge in [-0.2, -0.15) is 0 Å². The summed E-state index contributed by atoms with van der Waals surface area (Å²) in [5.41, 5.74) is 5.62. The van der Waals surface area contributed by atoms with Gasteiger partial charge in [0.05, 0.1) is 12.5 Å². The average molecular weight is 398 g/mol. The van der Waals surface area contributed by atoms with E-state index in [1.807, 2.05) is 0 Å². The molecule has 0 aromatic carbocycles. The van der Waals surface area contributed by atoms with Gasteiger partial charge in [-0.1, -0.05) is 0 Å². The second kappa shape index (κ2) is 9.00. The van der Waals surface area contributed by atoms with Crippen molar-refractivity contribution in [2.24, 2.45) is 5.73 Å². The zero-order valence-electron chi connectivity index (χ0n) is 15.7. The molecule has 0 bridgehead atoms. The van der Waals surface area contributed by atoms with Crippen molar-refractivity contribution in [1.29, 1.82) is 0 Å². The van der Waals surface area contributed by atoms with E-state index in [2.05, 4.69) is 5.32 Å². The van der Waals surface area contributed by atoms with Crippen LogP contribution in [0.3, 0.4) is 0 Å². The first-order valence-corrected chi connectivity index (χ1v) is 9.25. The van der Waals surface area contributed by atoms with E-state index in [1.165, 1.54) is 16.7 Å². The largest absolute Gasteiger partial charge is 0.481 e. The van der Waals surface area contributed by atoms with E-state index in [-0.39, 0.29) is 6.54 Å². The lowest BCUT2D eigenvalue weighted by atomic mass is 10.1. The van der Waals surface area contributed by atoms with Gasteiger partial charge in [0.1, 0.15) is 18.1 Å². The van der Waals surface area contributed by atoms with Crippen LogP contribution in [0, 0.1) is 0 Å². The predicted molar refractivity (Wildman–Crippen MR) is 94.9 cm³/mol. The molecule has 11 heteroatoms. The SMILES string of the molecule is C[C@H](NC(=O)[C@@H]1CCCN1C(=O)[C@@H](N)CC(=O)O)C(=O)N1CCC[C@H]1C(=O)O. The summed E-state index contributed by atoms with van der Waals surface area (Å²) in [4.78, 5) is 62.0. The van der Waals surface area contributed by atoms with Crippen LogP contribution in [0.1, 0.15) is 39.0 Å². The highest BCUT2D eigenvalue weighted by Gasteiger charge is 2.39. The minimum atomic E-state index is -1.24. The number of hydrogen-bond donors (Lipinski definition) is 4. The second-order valence-electron chi connectivity index (χ2n) is 7.15. The van der Waals surface area contributed by atoms with E-state index in [0.29, 0.717) is 32.2 Å². The van der Waals surface area contributed by atoms with Crippen LogP contribution in [0.4, 0.5) is 0 Å². The van der Waals surface area contributed by atoms with Gasteiger partial charge >= 0.3 is 11.9 Å². The summed E-state index contributed by atoms with van der Waals surface area (Å²) in [6.45, 7) is 2.06. The van der Waals surface area contributed by atoms with Crippen molar-refractivity contribution in [3.05, 3.63) is 0 Å². The molecule has 0 spiro atoms. The Labute approximate surface area is 161 Å². The molecule has 2 aliphatic heterocycles. The third kappa shape index (κ3) is 4.77. The normalized spacial score (nSPS) is 23.9. The summed E-state index contributed by atoms with van der Waals surface area (Å²) < 4.78 is 0. The first-order chi connectivity index (χ1) is 13.1. The maximum absolute atomic E-state index is 12.6. The molecule has 3 amide bonds. The summed E-state index contributed by atoms with van der Waals surface area (Å²) in [5.74, 6) is -3.94. The molecule has 11 nitrogen and oxygen atoms in total. The summed E-state index contributed by atoms with van der Waals surface area (Å²) in [5, 5.41) is 20.5. The Kier molecular flexibility index (Phi) is 6.95. The minimum absolute atomic E-state index is 0.278. The Morgan fingerprint density at radius 1 is 1.00 bits per heavy atom. The average Bonchev–Trinajstić information content (AvgIpc) is 3.28. The summed E-state index contributed by atoms with van der Waals surface area (Å²) >= 11 is 0. The quantitative estimate of drug-likeness (QED) is 0.395. The van der Waals surface area contributed by atoms with Crippen molar-refractivity contribution in [1.82, 2.24) is 15.1 Å². The highest BCUT2D eigenvalue weighted by Crippen LogP contribution is 2.21. The van der Waals surface area contributed by atoms with Gasteiger partial charge in [-0.05, 0) is 32.6 Å². The fourth-order valence-corrected chi connectivity index (χ4v) is 3.70. The monoisotopic (exact) mass is 398 g/mol. The van der Waals surface area contributed by atoms with E-state index >= 15 is 0 Å². The summed E-state index contributed by atoms with van der Waals surface area (Å²) in [7, 11) is 0. The standard InChI is InChI=1S/C17H26N4O7/c1-9(15(25)21-7-3-5-12(21)17(27)28)19-14(24)11-4-2-6-20(11)16(26)10(18)8-13(22)23/h9-12H,2-8,18H2,1H3,(H,19,24)(H,22,23)(H,27,28)/t9-,10-,11-,12-/m0/s1. The molecule has 0 radical (unpaired) electrons. The predicted octanol–water partition coefficient (Wildman–Crippen LogP) is -1.64. The number of nitrogens with one attached hydrogen (secondary N) is 1. The van der Waals surface area contributed by atoms with Gasteiger partial charge in [0, 0.05) is 13.1 Å². The molecular formula is C17H26N4O7. The Bertz CT molecular complexity index is 668. The first kappa shape index (κ1) is 21.6. The molecule has 2 fully saturated rings. The molecule has 2 heterocycles. The maximum atomic E-state index is 12.6. The van der Waals surface area contributed by atoms with Crippen LogP contribution in [-0.2, 0) is 24.0 Å². The molecule has 0 aromatic rings. The molecule has 2 rings (SSSR count). The zero-order chi connectivity index (χ0) is 21.0. The van der Waals surface area contributed by atoms with Crippen LogP contribution >= 0.6 is 0 Å². The summed E-state index contributed by atoms with van der Waals surface area (Å²) in [6.07, 6.45) is 1.34. The van der Waals surface area contributed by atoms with Crippen LogP contribution in [0.25, 0.3) is 0 Å². The number of carboxylic acids is 2. The number of amides is 3. The number of carbonyl (C=O) groups excluding carboxylic acids is 3. The molecule has 0 aliphatic carbocycles. The maximum Gasteiger partial charge on any atom is 0.326 e. The molecule has 0 unspecified atom stereocenters. The molecule has 5 N–H and O–H groups in total. The van der Waals surface area contributed by atoms with Crippen LogP contribution in [0.15, 0.2) is 0 Å². The van der Waals surface area contributed by atoms with Gasteiger partial charge in [0.25, 0.3) is 0 Å². The lowest BCUT2D eigenvalue weighted by Gasteiger charge is -2.29. The molecule has 2 aliphatic rings. The van der Waals surface area contributed by atoms with Gasteiger partial charge in [-0.15, -0.1) is 0 Å². The number of likely N-dealkylation sites (tertiary alicyclic amines) is 2. The van der Waals surface area contributed by atoms with Crippen LogP contribution in [-0.4, -0.2) is 86.9 Å². The molecule has 0 saturated carbocycles. The number of hydrogen-bond acceptors (Lipinski definition) is 6. The molecule has 0 aromatic heterocycles. The van der Waals surface area contributed by atoms with Crippen LogP contribution in [0.2, 0.25) is 0 Å². The van der Waals surface area contributed by atoms with Gasteiger partial charge < -0.3 is 31.1 Å². The Morgan fingerprint density at radius 2 is 1.54 bits per heavy atom. The number of carbonyl (C=O) groups is 5. The lowest BCUT2D eigenvalue weighted by molar-refractivity contribution is -0.149. The zero-order valence-corrected chi connectivity index (χ0v) is 15.7. The third-order valence-corrected chi connectivity index (χ3v) is 5.10. The Balaban J connectivity index is 1.98. The van der Waals surface area contributed by atoms with E-state index < -0.39 is 60.2 Å². The molecule has 4 atom stereocenters. The second-order valence-corrected chi connectivity index (χ2v) is 7.15. The third-order valence-electron chi connectivity index (χ3n) is 5.10. The number of aliphatic carboxylic acids is 2. The topological polar surface area (TPSA) is 170 Å². The van der Waals surface area contributed by atoms with Gasteiger partial charge in [0.2, 0.25) is 17.7 Å².